The number of rotatable bonds is 4. The molecule has 2 aliphatic rings. The Bertz CT molecular complexity index is 470. The van der Waals surface area contributed by atoms with Gasteiger partial charge in [-0.25, -0.2) is 0 Å². The molecule has 1 saturated heterocycles. The number of amides is 1. The summed E-state index contributed by atoms with van der Waals surface area (Å²) < 4.78 is 5.74. The van der Waals surface area contributed by atoms with Gasteiger partial charge in [0.1, 0.15) is 6.61 Å². The number of β-lactam (4-membered cyclic amide) rings is 1. The van der Waals surface area contributed by atoms with Crippen molar-refractivity contribution in [3.8, 4) is 0 Å². The third-order valence-corrected chi connectivity index (χ3v) is 5.56. The van der Waals surface area contributed by atoms with Crippen LogP contribution in [-0.4, -0.2) is 39.2 Å². The molecule has 2 aliphatic heterocycles. The number of halogens is 1. The zero-order valence-electron chi connectivity index (χ0n) is 12.2. The van der Waals surface area contributed by atoms with Gasteiger partial charge in [0, 0.05) is 21.6 Å². The van der Waals surface area contributed by atoms with Crippen molar-refractivity contribution in [1.82, 2.24) is 4.90 Å². The van der Waals surface area contributed by atoms with Crippen LogP contribution in [0.1, 0.15) is 34.1 Å². The number of nitrogens with zero attached hydrogens (tertiary/aromatic N) is 1. The van der Waals surface area contributed by atoms with Crippen LogP contribution in [-0.2, 0) is 14.3 Å². The lowest BCUT2D eigenvalue weighted by atomic mass is 9.91. The molecular formula is C14H20BrNO3S. The molecule has 4 nitrogen and oxygen atoms in total. The van der Waals surface area contributed by atoms with E-state index in [1.807, 2.05) is 20.8 Å². The Kier molecular flexibility index (Phi) is 4.54. The first-order valence-corrected chi connectivity index (χ1v) is 8.74. The Balaban J connectivity index is 2.16. The molecule has 112 valence electrons. The fraction of sp³-hybridized carbons (Fsp3) is 0.714. The average Bonchev–Trinajstić information content (AvgIpc) is 2.33. The lowest BCUT2D eigenvalue weighted by molar-refractivity contribution is -0.145. The molecule has 0 bridgehead atoms. The minimum Gasteiger partial charge on any atom is -0.471 e. The molecule has 2 rings (SSSR count). The highest BCUT2D eigenvalue weighted by Gasteiger charge is 2.46. The monoisotopic (exact) mass is 361 g/mol. The highest BCUT2D eigenvalue weighted by Crippen LogP contribution is 2.44. The summed E-state index contributed by atoms with van der Waals surface area (Å²) >= 11 is 5.22. The summed E-state index contributed by atoms with van der Waals surface area (Å²) in [6.45, 7) is 7.74. The fourth-order valence-corrected chi connectivity index (χ4v) is 4.40. The maximum absolute atomic E-state index is 12.0. The zero-order chi connectivity index (χ0) is 15.1. The van der Waals surface area contributed by atoms with Crippen molar-refractivity contribution in [2.24, 2.45) is 5.41 Å². The van der Waals surface area contributed by atoms with Gasteiger partial charge in [-0.3, -0.25) is 14.5 Å². The van der Waals surface area contributed by atoms with Crippen LogP contribution in [0.2, 0.25) is 0 Å². The highest BCUT2D eigenvalue weighted by molar-refractivity contribution is 9.09. The van der Waals surface area contributed by atoms with E-state index in [0.29, 0.717) is 22.9 Å². The second-order valence-electron chi connectivity index (χ2n) is 6.13. The van der Waals surface area contributed by atoms with Crippen molar-refractivity contribution < 1.29 is 14.3 Å². The lowest BCUT2D eigenvalue weighted by Crippen LogP contribution is -2.54. The summed E-state index contributed by atoms with van der Waals surface area (Å²) in [5, 5.41) is 1.11. The van der Waals surface area contributed by atoms with Gasteiger partial charge in [0.05, 0.1) is 11.8 Å². The van der Waals surface area contributed by atoms with Gasteiger partial charge in [-0.05, 0) is 6.92 Å². The molecule has 2 atom stereocenters. The van der Waals surface area contributed by atoms with Gasteiger partial charge < -0.3 is 4.74 Å². The predicted molar refractivity (Wildman–Crippen MR) is 83.5 cm³/mol. The number of ketones is 1. The summed E-state index contributed by atoms with van der Waals surface area (Å²) in [6, 6.07) is 0. The van der Waals surface area contributed by atoms with Crippen LogP contribution >= 0.6 is 27.7 Å². The molecule has 0 aromatic carbocycles. The van der Waals surface area contributed by atoms with E-state index >= 15 is 0 Å². The number of alkyl halides is 1. The highest BCUT2D eigenvalue weighted by atomic mass is 79.9. The smallest absolute Gasteiger partial charge is 0.233 e. The number of thioether (sulfide) groups is 1. The number of hydrogen-bond donors (Lipinski definition) is 0. The molecule has 0 spiro atoms. The summed E-state index contributed by atoms with van der Waals surface area (Å²) in [5.41, 5.74) is 0.615. The summed E-state index contributed by atoms with van der Waals surface area (Å²) in [6.07, 6.45) is 0.560. The van der Waals surface area contributed by atoms with Crippen molar-refractivity contribution in [3.63, 3.8) is 0 Å². The van der Waals surface area contributed by atoms with Gasteiger partial charge >= 0.3 is 0 Å². The normalized spacial score (nSPS) is 26.2. The van der Waals surface area contributed by atoms with Crippen LogP contribution in [0.4, 0.5) is 0 Å². The molecule has 0 aromatic rings. The van der Waals surface area contributed by atoms with E-state index in [0.717, 1.165) is 5.57 Å². The molecule has 0 aliphatic carbocycles. The van der Waals surface area contributed by atoms with E-state index in [1.54, 1.807) is 16.7 Å². The second-order valence-corrected chi connectivity index (χ2v) is 8.21. The Morgan fingerprint density at radius 1 is 1.50 bits per heavy atom. The van der Waals surface area contributed by atoms with Crippen LogP contribution in [0.5, 0.6) is 0 Å². The van der Waals surface area contributed by atoms with E-state index in [9.17, 15) is 9.59 Å². The van der Waals surface area contributed by atoms with E-state index < -0.39 is 5.41 Å². The molecule has 6 heteroatoms. The van der Waals surface area contributed by atoms with Crippen LogP contribution < -0.4 is 0 Å². The number of carbonyl (C=O) groups is 2. The van der Waals surface area contributed by atoms with Crippen molar-refractivity contribution in [2.45, 2.75) is 44.7 Å². The average molecular weight is 362 g/mol. The van der Waals surface area contributed by atoms with E-state index in [1.165, 1.54) is 0 Å². The van der Waals surface area contributed by atoms with Gasteiger partial charge in [0.15, 0.2) is 11.7 Å². The van der Waals surface area contributed by atoms with Gasteiger partial charge in [-0.2, -0.15) is 0 Å². The van der Waals surface area contributed by atoms with Crippen molar-refractivity contribution in [2.75, 3.05) is 11.9 Å². The third kappa shape index (κ3) is 2.91. The minimum atomic E-state index is -0.428. The fourth-order valence-electron chi connectivity index (χ4n) is 2.07. The van der Waals surface area contributed by atoms with Crippen LogP contribution in [0.15, 0.2) is 11.5 Å². The number of fused-ring (bicyclic) bond motifs is 1. The van der Waals surface area contributed by atoms with Crippen molar-refractivity contribution in [3.05, 3.63) is 11.5 Å². The molecule has 0 unspecified atom stereocenters. The van der Waals surface area contributed by atoms with E-state index in [2.05, 4.69) is 22.9 Å². The van der Waals surface area contributed by atoms with E-state index in [4.69, 9.17) is 4.74 Å². The third-order valence-electron chi connectivity index (χ3n) is 3.57. The van der Waals surface area contributed by atoms with E-state index in [-0.39, 0.29) is 23.7 Å². The van der Waals surface area contributed by atoms with Gasteiger partial charge in [0.25, 0.3) is 0 Å². The summed E-state index contributed by atoms with van der Waals surface area (Å²) in [4.78, 5) is 25.5. The molecular weight excluding hydrogens is 342 g/mol. The molecule has 1 fully saturated rings. The quantitative estimate of drug-likeness (QED) is 0.570. The molecule has 0 radical (unpaired) electrons. The first-order valence-electron chi connectivity index (χ1n) is 6.68. The SMILES string of the molecule is C[C@@H]1S[C@H]2CC(=O)N2C(OCC(=O)C(C)(C)C)=C1CBr. The predicted octanol–water partition coefficient (Wildman–Crippen LogP) is 2.92. The second kappa shape index (κ2) is 5.72. The Hall–Kier alpha value is -0.490. The minimum absolute atomic E-state index is 0.0171. The van der Waals surface area contributed by atoms with Crippen LogP contribution in [0.3, 0.4) is 0 Å². The maximum atomic E-state index is 12.0. The lowest BCUT2D eigenvalue weighted by Gasteiger charge is -2.46. The maximum Gasteiger partial charge on any atom is 0.233 e. The molecule has 0 aromatic heterocycles. The molecule has 1 amide bonds. The van der Waals surface area contributed by atoms with Crippen LogP contribution in [0, 0.1) is 5.41 Å². The number of Topliss-reactive ketones (excluding diaryl/α,β-unsaturated/α-hetero) is 1. The number of carbonyl (C=O) groups excluding carboxylic acids is 2. The Labute approximate surface area is 132 Å². The Morgan fingerprint density at radius 2 is 2.15 bits per heavy atom. The summed E-state index contributed by atoms with van der Waals surface area (Å²) in [7, 11) is 0. The first-order chi connectivity index (χ1) is 9.25. The molecule has 2 heterocycles. The van der Waals surface area contributed by atoms with Crippen LogP contribution in [0.25, 0.3) is 0 Å². The standard InChI is InChI=1S/C14H20BrNO3S/c1-8-9(6-15)13(16-11(18)5-12(16)20-8)19-7-10(17)14(2,3)4/h8,12H,5-7H2,1-4H3/t8-,12-/m0/s1. The topological polar surface area (TPSA) is 46.6 Å². The Morgan fingerprint density at radius 3 is 2.65 bits per heavy atom. The zero-order valence-corrected chi connectivity index (χ0v) is 14.6. The van der Waals surface area contributed by atoms with Gasteiger partial charge in [-0.1, -0.05) is 36.7 Å². The molecule has 0 saturated carbocycles. The summed E-state index contributed by atoms with van der Waals surface area (Å²) in [5.74, 6) is 0.701. The van der Waals surface area contributed by atoms with Gasteiger partial charge in [-0.15, -0.1) is 11.8 Å². The van der Waals surface area contributed by atoms with Crippen molar-refractivity contribution >= 4 is 39.4 Å². The van der Waals surface area contributed by atoms with Crippen molar-refractivity contribution in [1.29, 1.82) is 0 Å². The largest absolute Gasteiger partial charge is 0.471 e. The molecule has 20 heavy (non-hydrogen) atoms. The number of ether oxygens (including phenoxy) is 1. The van der Waals surface area contributed by atoms with Gasteiger partial charge in [0.2, 0.25) is 5.91 Å². The molecule has 0 N–H and O–H groups in total. The first kappa shape index (κ1) is 15.9. The number of hydrogen-bond acceptors (Lipinski definition) is 4.